The SMILES string of the molecule is CCNCc1ccc(OC2CCCCC2)c(Br)c1. The number of hydrogen-bond donors (Lipinski definition) is 1. The van der Waals surface area contributed by atoms with Crippen molar-refractivity contribution in [1.82, 2.24) is 5.32 Å². The van der Waals surface area contributed by atoms with Gasteiger partial charge in [0.2, 0.25) is 0 Å². The van der Waals surface area contributed by atoms with Crippen LogP contribution in [0.25, 0.3) is 0 Å². The first-order valence-corrected chi connectivity index (χ1v) is 7.74. The Kier molecular flexibility index (Phi) is 5.51. The Morgan fingerprint density at radius 1 is 1.28 bits per heavy atom. The molecular formula is C15H22BrNO. The molecule has 0 heterocycles. The van der Waals surface area contributed by atoms with Crippen molar-refractivity contribution >= 4 is 15.9 Å². The summed E-state index contributed by atoms with van der Waals surface area (Å²) in [6.07, 6.45) is 6.79. The van der Waals surface area contributed by atoms with Crippen molar-refractivity contribution in [3.05, 3.63) is 28.2 Å². The molecule has 0 aromatic heterocycles. The molecule has 0 aliphatic heterocycles. The van der Waals surface area contributed by atoms with E-state index >= 15 is 0 Å². The van der Waals surface area contributed by atoms with Crippen LogP contribution in [0.5, 0.6) is 5.75 Å². The summed E-state index contributed by atoms with van der Waals surface area (Å²) in [4.78, 5) is 0. The molecule has 2 nitrogen and oxygen atoms in total. The van der Waals surface area contributed by atoms with E-state index in [1.54, 1.807) is 0 Å². The van der Waals surface area contributed by atoms with Crippen LogP contribution in [0, 0.1) is 0 Å². The highest BCUT2D eigenvalue weighted by Gasteiger charge is 2.16. The summed E-state index contributed by atoms with van der Waals surface area (Å²) in [7, 11) is 0. The molecule has 1 N–H and O–H groups in total. The molecule has 0 saturated heterocycles. The number of halogens is 1. The van der Waals surface area contributed by atoms with Gasteiger partial charge in [-0.1, -0.05) is 19.4 Å². The van der Waals surface area contributed by atoms with Gasteiger partial charge >= 0.3 is 0 Å². The van der Waals surface area contributed by atoms with Gasteiger partial charge in [-0.3, -0.25) is 0 Å². The standard InChI is InChI=1S/C15H22BrNO/c1-2-17-11-12-8-9-15(14(16)10-12)18-13-6-4-3-5-7-13/h8-10,13,17H,2-7,11H2,1H3. The third-order valence-corrected chi connectivity index (χ3v) is 4.04. The van der Waals surface area contributed by atoms with Gasteiger partial charge in [0.1, 0.15) is 5.75 Å². The highest BCUT2D eigenvalue weighted by atomic mass is 79.9. The van der Waals surface area contributed by atoms with Gasteiger partial charge in [-0.2, -0.15) is 0 Å². The molecule has 1 saturated carbocycles. The Hall–Kier alpha value is -0.540. The molecule has 1 aromatic carbocycles. The van der Waals surface area contributed by atoms with E-state index in [0.29, 0.717) is 6.10 Å². The molecule has 1 aromatic rings. The van der Waals surface area contributed by atoms with Crippen molar-refractivity contribution in [2.75, 3.05) is 6.54 Å². The molecule has 2 rings (SSSR count). The zero-order chi connectivity index (χ0) is 12.8. The maximum Gasteiger partial charge on any atom is 0.133 e. The molecule has 1 fully saturated rings. The second-order valence-electron chi connectivity index (χ2n) is 4.92. The molecule has 0 amide bonds. The second kappa shape index (κ2) is 7.15. The topological polar surface area (TPSA) is 21.3 Å². The molecule has 0 radical (unpaired) electrons. The van der Waals surface area contributed by atoms with Gasteiger partial charge in [-0.25, -0.2) is 0 Å². The van der Waals surface area contributed by atoms with Crippen molar-refractivity contribution < 1.29 is 4.74 Å². The largest absolute Gasteiger partial charge is 0.489 e. The summed E-state index contributed by atoms with van der Waals surface area (Å²) in [6.45, 7) is 4.03. The van der Waals surface area contributed by atoms with Crippen LogP contribution in [-0.4, -0.2) is 12.6 Å². The summed E-state index contributed by atoms with van der Waals surface area (Å²) < 4.78 is 7.15. The van der Waals surface area contributed by atoms with Crippen molar-refractivity contribution in [2.24, 2.45) is 0 Å². The Labute approximate surface area is 118 Å². The third-order valence-electron chi connectivity index (χ3n) is 3.42. The van der Waals surface area contributed by atoms with Gasteiger partial charge in [-0.05, 0) is 65.9 Å². The zero-order valence-electron chi connectivity index (χ0n) is 11.0. The van der Waals surface area contributed by atoms with Crippen LogP contribution in [0.2, 0.25) is 0 Å². The zero-order valence-corrected chi connectivity index (χ0v) is 12.6. The van der Waals surface area contributed by atoms with Crippen LogP contribution >= 0.6 is 15.9 Å². The fourth-order valence-electron chi connectivity index (χ4n) is 2.38. The minimum Gasteiger partial charge on any atom is -0.489 e. The van der Waals surface area contributed by atoms with E-state index in [1.807, 2.05) is 0 Å². The normalized spacial score (nSPS) is 16.8. The second-order valence-corrected chi connectivity index (χ2v) is 5.78. The van der Waals surface area contributed by atoms with E-state index in [-0.39, 0.29) is 0 Å². The number of ether oxygens (including phenoxy) is 1. The minimum absolute atomic E-state index is 0.412. The average Bonchev–Trinajstić information content (AvgIpc) is 2.40. The Morgan fingerprint density at radius 3 is 2.72 bits per heavy atom. The molecule has 0 bridgehead atoms. The van der Waals surface area contributed by atoms with E-state index in [9.17, 15) is 0 Å². The van der Waals surface area contributed by atoms with E-state index in [4.69, 9.17) is 4.74 Å². The highest BCUT2D eigenvalue weighted by Crippen LogP contribution is 2.30. The quantitative estimate of drug-likeness (QED) is 0.876. The van der Waals surface area contributed by atoms with Gasteiger partial charge in [0.15, 0.2) is 0 Å². The highest BCUT2D eigenvalue weighted by molar-refractivity contribution is 9.10. The maximum absolute atomic E-state index is 6.08. The smallest absolute Gasteiger partial charge is 0.133 e. The molecule has 0 spiro atoms. The Morgan fingerprint density at radius 2 is 2.06 bits per heavy atom. The van der Waals surface area contributed by atoms with Crippen molar-refractivity contribution in [3.8, 4) is 5.75 Å². The van der Waals surface area contributed by atoms with E-state index in [2.05, 4.69) is 46.4 Å². The van der Waals surface area contributed by atoms with Gasteiger partial charge in [0, 0.05) is 6.54 Å². The lowest BCUT2D eigenvalue weighted by Crippen LogP contribution is -2.19. The molecule has 1 aliphatic rings. The molecule has 1 aliphatic carbocycles. The predicted octanol–water partition coefficient (Wildman–Crippen LogP) is 4.27. The number of benzene rings is 1. The predicted molar refractivity (Wildman–Crippen MR) is 79.0 cm³/mol. The van der Waals surface area contributed by atoms with Crippen LogP contribution in [0.3, 0.4) is 0 Å². The lowest BCUT2D eigenvalue weighted by molar-refractivity contribution is 0.154. The lowest BCUT2D eigenvalue weighted by Gasteiger charge is -2.23. The van der Waals surface area contributed by atoms with E-state index in [0.717, 1.165) is 23.3 Å². The third kappa shape index (κ3) is 3.99. The Bertz CT molecular complexity index is 375. The summed E-state index contributed by atoms with van der Waals surface area (Å²) in [5, 5.41) is 3.33. The molecule has 18 heavy (non-hydrogen) atoms. The Balaban J connectivity index is 1.95. The summed E-state index contributed by atoms with van der Waals surface area (Å²) in [5.41, 5.74) is 1.29. The van der Waals surface area contributed by atoms with Gasteiger partial charge in [0.05, 0.1) is 10.6 Å². The lowest BCUT2D eigenvalue weighted by atomic mass is 9.98. The number of hydrogen-bond acceptors (Lipinski definition) is 2. The summed E-state index contributed by atoms with van der Waals surface area (Å²) in [6, 6.07) is 6.39. The van der Waals surface area contributed by atoms with Crippen molar-refractivity contribution in [2.45, 2.75) is 51.7 Å². The molecule has 100 valence electrons. The first-order valence-electron chi connectivity index (χ1n) is 6.95. The van der Waals surface area contributed by atoms with Crippen LogP contribution in [0.15, 0.2) is 22.7 Å². The average molecular weight is 312 g/mol. The maximum atomic E-state index is 6.08. The minimum atomic E-state index is 0.412. The van der Waals surface area contributed by atoms with E-state index in [1.165, 1.54) is 37.7 Å². The molecular weight excluding hydrogens is 290 g/mol. The van der Waals surface area contributed by atoms with Crippen LogP contribution < -0.4 is 10.1 Å². The van der Waals surface area contributed by atoms with Crippen LogP contribution in [0.4, 0.5) is 0 Å². The first-order chi connectivity index (χ1) is 8.79. The van der Waals surface area contributed by atoms with Gasteiger partial charge < -0.3 is 10.1 Å². The van der Waals surface area contributed by atoms with Gasteiger partial charge in [0.25, 0.3) is 0 Å². The molecule has 0 unspecified atom stereocenters. The summed E-state index contributed by atoms with van der Waals surface area (Å²) >= 11 is 3.61. The molecule has 3 heteroatoms. The fraction of sp³-hybridized carbons (Fsp3) is 0.600. The van der Waals surface area contributed by atoms with Crippen LogP contribution in [0.1, 0.15) is 44.6 Å². The summed E-state index contributed by atoms with van der Waals surface area (Å²) in [5.74, 6) is 0.988. The monoisotopic (exact) mass is 311 g/mol. The van der Waals surface area contributed by atoms with Crippen molar-refractivity contribution in [1.29, 1.82) is 0 Å². The van der Waals surface area contributed by atoms with Crippen molar-refractivity contribution in [3.63, 3.8) is 0 Å². The molecule has 0 atom stereocenters. The first kappa shape index (κ1) is 13.9. The fourth-order valence-corrected chi connectivity index (χ4v) is 2.90. The van der Waals surface area contributed by atoms with Crippen LogP contribution in [-0.2, 0) is 6.54 Å². The number of nitrogens with one attached hydrogen (secondary N) is 1. The van der Waals surface area contributed by atoms with E-state index < -0.39 is 0 Å². The number of rotatable bonds is 5. The van der Waals surface area contributed by atoms with Gasteiger partial charge in [-0.15, -0.1) is 0 Å².